The van der Waals surface area contributed by atoms with Crippen LogP contribution in [0.5, 0.6) is 5.88 Å². The van der Waals surface area contributed by atoms with Gasteiger partial charge in [-0.15, -0.1) is 0 Å². The zero-order chi connectivity index (χ0) is 14.3. The average molecular weight is 266 g/mol. The highest BCUT2D eigenvalue weighted by Gasteiger charge is 2.11. The molecule has 0 radical (unpaired) electrons. The molecular formula is C15H26N2O2. The summed E-state index contributed by atoms with van der Waals surface area (Å²) in [6.45, 7) is 12.3. The number of hydrogen-bond acceptors (Lipinski definition) is 4. The molecule has 0 fully saturated rings. The number of rotatable bonds is 7. The van der Waals surface area contributed by atoms with Gasteiger partial charge >= 0.3 is 0 Å². The van der Waals surface area contributed by atoms with Crippen molar-refractivity contribution < 1.29 is 9.47 Å². The van der Waals surface area contributed by atoms with Crippen LogP contribution in [-0.2, 0) is 11.3 Å². The molecule has 4 heteroatoms. The zero-order valence-corrected chi connectivity index (χ0v) is 12.7. The largest absolute Gasteiger partial charge is 0.475 e. The van der Waals surface area contributed by atoms with Crippen LogP contribution in [0.3, 0.4) is 0 Å². The Morgan fingerprint density at radius 2 is 2.00 bits per heavy atom. The molecular weight excluding hydrogens is 240 g/mol. The Morgan fingerprint density at radius 1 is 1.26 bits per heavy atom. The fourth-order valence-corrected chi connectivity index (χ4v) is 1.47. The predicted molar refractivity (Wildman–Crippen MR) is 77.4 cm³/mol. The first-order valence-corrected chi connectivity index (χ1v) is 6.82. The van der Waals surface area contributed by atoms with E-state index in [1.807, 2.05) is 26.0 Å². The van der Waals surface area contributed by atoms with Gasteiger partial charge in [0.25, 0.3) is 0 Å². The van der Waals surface area contributed by atoms with Gasteiger partial charge in [-0.1, -0.05) is 6.07 Å². The van der Waals surface area contributed by atoms with E-state index in [-0.39, 0.29) is 11.6 Å². The van der Waals surface area contributed by atoms with Crippen molar-refractivity contribution in [2.45, 2.75) is 52.8 Å². The first-order valence-electron chi connectivity index (χ1n) is 6.82. The molecule has 1 N–H and O–H groups in total. The molecule has 1 rings (SSSR count). The lowest BCUT2D eigenvalue weighted by atomic mass is 10.1. The van der Waals surface area contributed by atoms with Crippen molar-refractivity contribution in [1.82, 2.24) is 10.3 Å². The van der Waals surface area contributed by atoms with Crippen molar-refractivity contribution in [3.05, 3.63) is 23.9 Å². The molecule has 0 aliphatic heterocycles. The smallest absolute Gasteiger partial charge is 0.217 e. The monoisotopic (exact) mass is 266 g/mol. The molecule has 4 nitrogen and oxygen atoms in total. The first-order chi connectivity index (χ1) is 8.88. The van der Waals surface area contributed by atoms with Crippen LogP contribution in [0.15, 0.2) is 18.3 Å². The lowest BCUT2D eigenvalue weighted by Crippen LogP contribution is -2.35. The van der Waals surface area contributed by atoms with Crippen molar-refractivity contribution in [2.75, 3.05) is 13.2 Å². The molecule has 0 saturated heterocycles. The topological polar surface area (TPSA) is 43.4 Å². The summed E-state index contributed by atoms with van der Waals surface area (Å²) < 4.78 is 11.1. The van der Waals surface area contributed by atoms with E-state index in [9.17, 15) is 0 Å². The van der Waals surface area contributed by atoms with Gasteiger partial charge in [0.1, 0.15) is 6.61 Å². The standard InChI is InChI=1S/C15H26N2O2/c1-12(2)18-9-10-19-14-13(7-6-8-16-14)11-17-15(3,4)5/h6-8,12,17H,9-11H2,1-5H3. The van der Waals surface area contributed by atoms with Crippen molar-refractivity contribution in [3.8, 4) is 5.88 Å². The van der Waals surface area contributed by atoms with Crippen molar-refractivity contribution in [3.63, 3.8) is 0 Å². The second-order valence-electron chi connectivity index (χ2n) is 5.84. The van der Waals surface area contributed by atoms with Gasteiger partial charge in [0.15, 0.2) is 0 Å². The Balaban J connectivity index is 2.48. The third kappa shape index (κ3) is 7.13. The predicted octanol–water partition coefficient (Wildman–Crippen LogP) is 2.77. The Hall–Kier alpha value is -1.13. The van der Waals surface area contributed by atoms with Crippen LogP contribution in [0.4, 0.5) is 0 Å². The third-order valence-corrected chi connectivity index (χ3v) is 2.43. The van der Waals surface area contributed by atoms with Crippen molar-refractivity contribution in [1.29, 1.82) is 0 Å². The number of aromatic nitrogens is 1. The number of nitrogens with zero attached hydrogens (tertiary/aromatic N) is 1. The van der Waals surface area contributed by atoms with E-state index < -0.39 is 0 Å². The molecule has 0 spiro atoms. The minimum absolute atomic E-state index is 0.0772. The van der Waals surface area contributed by atoms with Gasteiger partial charge in [0, 0.05) is 23.8 Å². The molecule has 1 aromatic rings. The van der Waals surface area contributed by atoms with Crippen molar-refractivity contribution >= 4 is 0 Å². The van der Waals surface area contributed by atoms with Gasteiger partial charge in [-0.3, -0.25) is 0 Å². The van der Waals surface area contributed by atoms with Crippen molar-refractivity contribution in [2.24, 2.45) is 0 Å². The summed E-state index contributed by atoms with van der Waals surface area (Å²) >= 11 is 0. The second-order valence-corrected chi connectivity index (χ2v) is 5.84. The highest BCUT2D eigenvalue weighted by molar-refractivity contribution is 5.25. The Bertz CT molecular complexity index is 373. The van der Waals surface area contributed by atoms with E-state index in [1.54, 1.807) is 6.20 Å². The van der Waals surface area contributed by atoms with E-state index in [1.165, 1.54) is 0 Å². The van der Waals surface area contributed by atoms with Crippen LogP contribution < -0.4 is 10.1 Å². The van der Waals surface area contributed by atoms with E-state index >= 15 is 0 Å². The lowest BCUT2D eigenvalue weighted by Gasteiger charge is -2.21. The summed E-state index contributed by atoms with van der Waals surface area (Å²) in [6.07, 6.45) is 1.98. The number of hydrogen-bond donors (Lipinski definition) is 1. The van der Waals surface area contributed by atoms with Gasteiger partial charge in [-0.05, 0) is 40.7 Å². The molecule has 0 amide bonds. The molecule has 1 heterocycles. The van der Waals surface area contributed by atoms with E-state index in [0.717, 1.165) is 12.1 Å². The molecule has 1 aromatic heterocycles. The van der Waals surface area contributed by atoms with Crippen LogP contribution in [-0.4, -0.2) is 29.8 Å². The molecule has 0 aliphatic carbocycles. The molecule has 0 atom stereocenters. The molecule has 108 valence electrons. The Labute approximate surface area is 116 Å². The van der Waals surface area contributed by atoms with E-state index in [2.05, 4.69) is 31.1 Å². The van der Waals surface area contributed by atoms with Gasteiger partial charge in [-0.25, -0.2) is 4.98 Å². The van der Waals surface area contributed by atoms with Crippen LogP contribution in [0.25, 0.3) is 0 Å². The summed E-state index contributed by atoms with van der Waals surface area (Å²) in [5.41, 5.74) is 1.15. The maximum atomic E-state index is 5.68. The molecule has 0 saturated carbocycles. The fourth-order valence-electron chi connectivity index (χ4n) is 1.47. The van der Waals surface area contributed by atoms with Crippen LogP contribution in [0, 0.1) is 0 Å². The number of ether oxygens (including phenoxy) is 2. The summed E-state index contributed by atoms with van der Waals surface area (Å²) in [4.78, 5) is 4.28. The van der Waals surface area contributed by atoms with E-state index in [4.69, 9.17) is 9.47 Å². The number of pyridine rings is 1. The highest BCUT2D eigenvalue weighted by atomic mass is 16.5. The van der Waals surface area contributed by atoms with E-state index in [0.29, 0.717) is 19.1 Å². The van der Waals surface area contributed by atoms with Gasteiger partial charge < -0.3 is 14.8 Å². The minimum Gasteiger partial charge on any atom is -0.475 e. The molecule has 0 aliphatic rings. The molecule has 19 heavy (non-hydrogen) atoms. The third-order valence-electron chi connectivity index (χ3n) is 2.43. The molecule has 0 bridgehead atoms. The summed E-state index contributed by atoms with van der Waals surface area (Å²) in [5, 5.41) is 3.44. The van der Waals surface area contributed by atoms with Gasteiger partial charge in [0.05, 0.1) is 12.7 Å². The van der Waals surface area contributed by atoms with Gasteiger partial charge in [-0.2, -0.15) is 0 Å². The maximum Gasteiger partial charge on any atom is 0.217 e. The highest BCUT2D eigenvalue weighted by Crippen LogP contribution is 2.15. The normalized spacial score (nSPS) is 11.9. The molecule has 0 aromatic carbocycles. The minimum atomic E-state index is 0.0772. The lowest BCUT2D eigenvalue weighted by molar-refractivity contribution is 0.0540. The number of nitrogens with one attached hydrogen (secondary N) is 1. The zero-order valence-electron chi connectivity index (χ0n) is 12.7. The second kappa shape index (κ2) is 7.46. The Morgan fingerprint density at radius 3 is 2.63 bits per heavy atom. The average Bonchev–Trinajstić information content (AvgIpc) is 2.32. The summed E-state index contributed by atoms with van der Waals surface area (Å²) in [5.74, 6) is 0.687. The summed E-state index contributed by atoms with van der Waals surface area (Å²) in [6, 6.07) is 3.96. The fraction of sp³-hybridized carbons (Fsp3) is 0.667. The summed E-state index contributed by atoms with van der Waals surface area (Å²) in [7, 11) is 0. The quantitative estimate of drug-likeness (QED) is 0.771. The first kappa shape index (κ1) is 15.9. The van der Waals surface area contributed by atoms with Crippen LogP contribution >= 0.6 is 0 Å². The van der Waals surface area contributed by atoms with Crippen LogP contribution in [0.1, 0.15) is 40.2 Å². The SMILES string of the molecule is CC(C)OCCOc1ncccc1CNC(C)(C)C. The maximum absolute atomic E-state index is 5.68. The van der Waals surface area contributed by atoms with Crippen LogP contribution in [0.2, 0.25) is 0 Å². The Kier molecular flexibility index (Phi) is 6.25. The van der Waals surface area contributed by atoms with Gasteiger partial charge in [0.2, 0.25) is 5.88 Å². The molecule has 0 unspecified atom stereocenters.